The van der Waals surface area contributed by atoms with Crippen LogP contribution in [0.3, 0.4) is 0 Å². The predicted molar refractivity (Wildman–Crippen MR) is 93.3 cm³/mol. The molecule has 2 aromatic rings. The first kappa shape index (κ1) is 16.8. The number of carbonyl (C=O) groups is 2. The van der Waals surface area contributed by atoms with Crippen molar-refractivity contribution in [1.82, 2.24) is 19.1 Å². The summed E-state index contributed by atoms with van der Waals surface area (Å²) >= 11 is 0. The molecule has 8 heteroatoms. The molecule has 4 rings (SSSR count). The lowest BCUT2D eigenvalue weighted by Crippen LogP contribution is -2.40. The Morgan fingerprint density at radius 1 is 1.31 bits per heavy atom. The van der Waals surface area contributed by atoms with Crippen molar-refractivity contribution >= 4 is 17.5 Å². The van der Waals surface area contributed by atoms with Crippen molar-refractivity contribution in [2.75, 3.05) is 0 Å². The van der Waals surface area contributed by atoms with Crippen molar-refractivity contribution in [3.05, 3.63) is 33.4 Å². The molecule has 1 aliphatic heterocycles. The highest BCUT2D eigenvalue weighted by Gasteiger charge is 2.40. The molecule has 0 radical (unpaired) electrons. The van der Waals surface area contributed by atoms with Crippen LogP contribution in [0.5, 0.6) is 0 Å². The van der Waals surface area contributed by atoms with Crippen LogP contribution in [-0.4, -0.2) is 42.1 Å². The molecule has 138 valence electrons. The van der Waals surface area contributed by atoms with Crippen LogP contribution in [0.25, 0.3) is 5.65 Å². The fourth-order valence-electron chi connectivity index (χ4n) is 3.64. The molecule has 3 heterocycles. The molecule has 1 saturated carbocycles. The van der Waals surface area contributed by atoms with Gasteiger partial charge in [0.2, 0.25) is 0 Å². The molecule has 1 aliphatic carbocycles. The van der Waals surface area contributed by atoms with Crippen molar-refractivity contribution in [2.45, 2.75) is 64.6 Å². The zero-order valence-corrected chi connectivity index (χ0v) is 15.2. The average molecular weight is 358 g/mol. The summed E-state index contributed by atoms with van der Waals surface area (Å²) in [6.45, 7) is 5.76. The minimum atomic E-state index is -1.06. The van der Waals surface area contributed by atoms with E-state index in [0.29, 0.717) is 16.9 Å². The number of hydrogen-bond acceptors (Lipinski definition) is 4. The summed E-state index contributed by atoms with van der Waals surface area (Å²) < 4.78 is 2.68. The second-order valence-electron chi connectivity index (χ2n) is 8.18. The van der Waals surface area contributed by atoms with Gasteiger partial charge in [-0.25, -0.2) is 0 Å². The maximum absolute atomic E-state index is 13.0. The number of hydrogen-bond donors (Lipinski definition) is 1. The molecular weight excluding hydrogens is 336 g/mol. The molecule has 26 heavy (non-hydrogen) atoms. The Morgan fingerprint density at radius 3 is 2.54 bits per heavy atom. The average Bonchev–Trinajstić information content (AvgIpc) is 3.05. The molecule has 0 saturated heterocycles. The van der Waals surface area contributed by atoms with E-state index < -0.39 is 5.97 Å². The van der Waals surface area contributed by atoms with Crippen molar-refractivity contribution in [3.63, 3.8) is 0 Å². The smallest absolute Gasteiger partial charge is 0.323 e. The van der Waals surface area contributed by atoms with E-state index in [0.717, 1.165) is 19.3 Å². The zero-order valence-electron chi connectivity index (χ0n) is 15.2. The quantitative estimate of drug-likeness (QED) is 0.894. The van der Waals surface area contributed by atoms with Gasteiger partial charge >= 0.3 is 5.97 Å². The Hall–Kier alpha value is -2.64. The van der Waals surface area contributed by atoms with E-state index in [9.17, 15) is 19.5 Å². The number of amides is 1. The molecule has 1 amide bonds. The maximum atomic E-state index is 13.0. The first-order valence-electron chi connectivity index (χ1n) is 8.87. The zero-order chi connectivity index (χ0) is 18.8. The summed E-state index contributed by atoms with van der Waals surface area (Å²) in [7, 11) is 0. The maximum Gasteiger partial charge on any atom is 0.323 e. The highest BCUT2D eigenvalue weighted by molar-refractivity contribution is 5.98. The van der Waals surface area contributed by atoms with Gasteiger partial charge in [-0.05, 0) is 19.3 Å². The molecule has 0 spiro atoms. The van der Waals surface area contributed by atoms with Crippen LogP contribution in [0.1, 0.15) is 61.8 Å². The molecule has 0 unspecified atom stereocenters. The van der Waals surface area contributed by atoms with Crippen molar-refractivity contribution in [2.24, 2.45) is 0 Å². The summed E-state index contributed by atoms with van der Waals surface area (Å²) in [5.74, 6) is -1.31. The number of fused-ring (bicyclic) bond motifs is 2. The highest BCUT2D eigenvalue weighted by Crippen LogP contribution is 2.32. The summed E-state index contributed by atoms with van der Waals surface area (Å²) in [5.41, 5.74) is 0.954. The number of aromatic nitrogens is 3. The number of carboxylic acids is 1. The molecule has 1 N–H and O–H groups in total. The Morgan fingerprint density at radius 2 is 2.00 bits per heavy atom. The third kappa shape index (κ3) is 2.35. The molecule has 0 bridgehead atoms. The Bertz CT molecular complexity index is 991. The van der Waals surface area contributed by atoms with Gasteiger partial charge < -0.3 is 14.6 Å². The standard InChI is InChI=1S/C18H22N4O4/c1-18(2,3)12-7-13-21(9-14(23)24)15-11(16(25)22(13)19-12)8-20(17(15)26)10-5-4-6-10/h7,10H,4-6,8-9H2,1-3H3,(H,23,24). The van der Waals surface area contributed by atoms with Crippen LogP contribution >= 0.6 is 0 Å². The fraction of sp³-hybridized carbons (Fsp3) is 0.556. The van der Waals surface area contributed by atoms with Gasteiger partial charge in [0.1, 0.15) is 17.9 Å². The summed E-state index contributed by atoms with van der Waals surface area (Å²) in [6, 6.07) is 1.86. The number of carbonyl (C=O) groups excluding carboxylic acids is 1. The highest BCUT2D eigenvalue weighted by atomic mass is 16.4. The van der Waals surface area contributed by atoms with Gasteiger partial charge in [0.15, 0.2) is 0 Å². The lowest BCUT2D eigenvalue weighted by molar-refractivity contribution is -0.137. The molecule has 2 aliphatic rings. The lowest BCUT2D eigenvalue weighted by Gasteiger charge is -2.34. The summed E-state index contributed by atoms with van der Waals surface area (Å²) in [4.78, 5) is 39.1. The largest absolute Gasteiger partial charge is 0.480 e. The van der Waals surface area contributed by atoms with Crippen LogP contribution in [-0.2, 0) is 23.3 Å². The predicted octanol–water partition coefficient (Wildman–Crippen LogP) is 1.39. The fourth-order valence-corrected chi connectivity index (χ4v) is 3.64. The van der Waals surface area contributed by atoms with E-state index in [-0.39, 0.29) is 41.7 Å². The SMILES string of the molecule is CC(C)(C)c1cc2n(CC(=O)O)c3c(c(=O)n2n1)CN(C1CCC1)C3=O. The van der Waals surface area contributed by atoms with Crippen molar-refractivity contribution < 1.29 is 14.7 Å². The third-order valence-electron chi connectivity index (χ3n) is 5.34. The summed E-state index contributed by atoms with van der Waals surface area (Å²) in [5, 5.41) is 13.8. The van der Waals surface area contributed by atoms with Gasteiger partial charge in [0.25, 0.3) is 11.5 Å². The van der Waals surface area contributed by atoms with E-state index >= 15 is 0 Å². The van der Waals surface area contributed by atoms with E-state index in [1.54, 1.807) is 11.0 Å². The molecule has 8 nitrogen and oxygen atoms in total. The van der Waals surface area contributed by atoms with Gasteiger partial charge in [-0.15, -0.1) is 0 Å². The Balaban J connectivity index is 1.97. The molecule has 1 fully saturated rings. The monoisotopic (exact) mass is 358 g/mol. The number of nitrogens with zero attached hydrogens (tertiary/aromatic N) is 4. The van der Waals surface area contributed by atoms with Crippen LogP contribution in [0, 0.1) is 0 Å². The molecule has 0 aromatic carbocycles. The number of rotatable bonds is 3. The van der Waals surface area contributed by atoms with Gasteiger partial charge in [0, 0.05) is 17.5 Å². The topological polar surface area (TPSA) is 96.9 Å². The second-order valence-corrected chi connectivity index (χ2v) is 8.18. The van der Waals surface area contributed by atoms with Gasteiger partial charge in [0.05, 0.1) is 17.8 Å². The first-order chi connectivity index (χ1) is 12.2. The first-order valence-corrected chi connectivity index (χ1v) is 8.87. The van der Waals surface area contributed by atoms with Gasteiger partial charge in [-0.3, -0.25) is 14.4 Å². The van der Waals surface area contributed by atoms with Crippen LogP contribution in [0.2, 0.25) is 0 Å². The minimum absolute atomic E-state index is 0.144. The van der Waals surface area contributed by atoms with Crippen LogP contribution in [0.15, 0.2) is 10.9 Å². The Kier molecular flexibility index (Phi) is 3.51. The van der Waals surface area contributed by atoms with Gasteiger partial charge in [-0.2, -0.15) is 9.61 Å². The van der Waals surface area contributed by atoms with Crippen LogP contribution in [0.4, 0.5) is 0 Å². The van der Waals surface area contributed by atoms with Crippen molar-refractivity contribution in [1.29, 1.82) is 0 Å². The molecule has 2 aromatic heterocycles. The second kappa shape index (κ2) is 5.43. The van der Waals surface area contributed by atoms with Crippen LogP contribution < -0.4 is 5.56 Å². The van der Waals surface area contributed by atoms with E-state index in [2.05, 4.69) is 5.10 Å². The Labute approximate surface area is 150 Å². The number of carboxylic acid groups (broad SMARTS) is 1. The summed E-state index contributed by atoms with van der Waals surface area (Å²) in [6.07, 6.45) is 2.93. The van der Waals surface area contributed by atoms with Crippen molar-refractivity contribution in [3.8, 4) is 0 Å². The lowest BCUT2D eigenvalue weighted by atomic mass is 9.92. The van der Waals surface area contributed by atoms with Gasteiger partial charge in [-0.1, -0.05) is 20.8 Å². The molecular formula is C18H22N4O4. The third-order valence-corrected chi connectivity index (χ3v) is 5.34. The minimum Gasteiger partial charge on any atom is -0.480 e. The van der Waals surface area contributed by atoms with E-state index in [1.807, 2.05) is 20.8 Å². The van der Waals surface area contributed by atoms with E-state index in [4.69, 9.17) is 0 Å². The van der Waals surface area contributed by atoms with E-state index in [1.165, 1.54) is 9.08 Å². The number of aliphatic carboxylic acids is 1. The normalized spacial score (nSPS) is 17.7. The molecule has 0 atom stereocenters.